The average Bonchev–Trinajstić information content (AvgIpc) is 2.57. The molecule has 6 nitrogen and oxygen atoms in total. The average molecular weight is 376 g/mol. The zero-order valence-electron chi connectivity index (χ0n) is 17.1. The summed E-state index contributed by atoms with van der Waals surface area (Å²) in [6.45, 7) is 11.7. The highest BCUT2D eigenvalue weighted by Gasteiger charge is 2.27. The number of amides is 1. The number of aldehydes is 1. The summed E-state index contributed by atoms with van der Waals surface area (Å²) in [5.74, 6) is 1.10. The minimum absolute atomic E-state index is 0.0359. The predicted molar refractivity (Wildman–Crippen MR) is 107 cm³/mol. The fourth-order valence-electron chi connectivity index (χ4n) is 3.12. The molecule has 0 bridgehead atoms. The smallest absolute Gasteiger partial charge is 0.407 e. The molecule has 0 aliphatic carbocycles. The highest BCUT2D eigenvalue weighted by atomic mass is 16.6. The molecule has 1 saturated heterocycles. The van der Waals surface area contributed by atoms with Gasteiger partial charge in [0.05, 0.1) is 12.3 Å². The molecule has 0 saturated carbocycles. The zero-order chi connectivity index (χ0) is 20.0. The van der Waals surface area contributed by atoms with Crippen LogP contribution in [0.3, 0.4) is 0 Å². The monoisotopic (exact) mass is 376 g/mol. The van der Waals surface area contributed by atoms with Crippen molar-refractivity contribution in [3.8, 4) is 5.75 Å². The lowest BCUT2D eigenvalue weighted by Gasteiger charge is -2.36. The van der Waals surface area contributed by atoms with Crippen molar-refractivity contribution in [2.75, 3.05) is 24.6 Å². The lowest BCUT2D eigenvalue weighted by atomic mass is 10.0. The molecule has 0 radical (unpaired) electrons. The summed E-state index contributed by atoms with van der Waals surface area (Å²) < 4.78 is 11.3. The van der Waals surface area contributed by atoms with Gasteiger partial charge < -0.3 is 19.7 Å². The third-order valence-corrected chi connectivity index (χ3v) is 4.19. The first-order valence-electron chi connectivity index (χ1n) is 9.65. The first kappa shape index (κ1) is 21.1. The van der Waals surface area contributed by atoms with Crippen LogP contribution in [-0.4, -0.2) is 43.7 Å². The Hall–Kier alpha value is -2.24. The molecule has 0 aromatic heterocycles. The molecule has 1 aliphatic rings. The number of rotatable bonds is 6. The van der Waals surface area contributed by atoms with Crippen LogP contribution in [0.5, 0.6) is 5.75 Å². The van der Waals surface area contributed by atoms with E-state index in [9.17, 15) is 9.59 Å². The number of para-hydroxylation sites is 1. The van der Waals surface area contributed by atoms with Crippen LogP contribution in [0.4, 0.5) is 10.5 Å². The van der Waals surface area contributed by atoms with Gasteiger partial charge in [-0.3, -0.25) is 4.79 Å². The number of carbonyl (C=O) groups is 2. The van der Waals surface area contributed by atoms with Gasteiger partial charge in [-0.15, -0.1) is 0 Å². The van der Waals surface area contributed by atoms with Crippen molar-refractivity contribution < 1.29 is 19.1 Å². The van der Waals surface area contributed by atoms with Crippen LogP contribution < -0.4 is 15.0 Å². The Morgan fingerprint density at radius 1 is 1.37 bits per heavy atom. The fraction of sp³-hybridized carbons (Fsp3) is 0.619. The largest absolute Gasteiger partial charge is 0.491 e. The first-order valence-corrected chi connectivity index (χ1v) is 9.65. The fourth-order valence-corrected chi connectivity index (χ4v) is 3.12. The van der Waals surface area contributed by atoms with Crippen LogP contribution >= 0.6 is 0 Å². The highest BCUT2D eigenvalue weighted by molar-refractivity contribution is 5.87. The van der Waals surface area contributed by atoms with Crippen molar-refractivity contribution in [2.45, 2.75) is 59.1 Å². The summed E-state index contributed by atoms with van der Waals surface area (Å²) in [6, 6.07) is 5.50. The summed E-state index contributed by atoms with van der Waals surface area (Å²) in [5, 5.41) is 2.95. The van der Waals surface area contributed by atoms with Gasteiger partial charge in [-0.25, -0.2) is 4.79 Å². The zero-order valence-corrected chi connectivity index (χ0v) is 17.1. The van der Waals surface area contributed by atoms with Gasteiger partial charge in [-0.05, 0) is 51.7 Å². The molecule has 1 heterocycles. The van der Waals surface area contributed by atoms with Gasteiger partial charge in [0.15, 0.2) is 6.29 Å². The van der Waals surface area contributed by atoms with Crippen LogP contribution in [0.1, 0.15) is 57.8 Å². The van der Waals surface area contributed by atoms with E-state index >= 15 is 0 Å². The highest BCUT2D eigenvalue weighted by Crippen LogP contribution is 2.34. The SMILES string of the molecule is CC(C)COc1cccc(C=O)c1N1CCCC(NC(=O)OC(C)(C)C)C1. The van der Waals surface area contributed by atoms with E-state index in [1.165, 1.54) is 0 Å². The number of piperidine rings is 1. The van der Waals surface area contributed by atoms with Crippen LogP contribution in [0.15, 0.2) is 18.2 Å². The Bertz CT molecular complexity index is 652. The number of ether oxygens (including phenoxy) is 2. The Morgan fingerprint density at radius 3 is 2.74 bits per heavy atom. The molecule has 1 atom stereocenters. The number of benzene rings is 1. The van der Waals surface area contributed by atoms with E-state index in [4.69, 9.17) is 9.47 Å². The number of hydrogen-bond donors (Lipinski definition) is 1. The summed E-state index contributed by atoms with van der Waals surface area (Å²) in [5.41, 5.74) is 0.887. The van der Waals surface area contributed by atoms with Crippen LogP contribution in [0.25, 0.3) is 0 Å². The van der Waals surface area contributed by atoms with Crippen LogP contribution in [0, 0.1) is 5.92 Å². The lowest BCUT2D eigenvalue weighted by molar-refractivity contribution is 0.0499. The van der Waals surface area contributed by atoms with Crippen molar-refractivity contribution in [1.29, 1.82) is 0 Å². The molecule has 1 aromatic carbocycles. The van der Waals surface area contributed by atoms with Crippen LogP contribution in [-0.2, 0) is 4.74 Å². The Balaban J connectivity index is 2.14. The molecule has 1 N–H and O–H groups in total. The number of alkyl carbamates (subject to hydrolysis) is 1. The quantitative estimate of drug-likeness (QED) is 0.759. The topological polar surface area (TPSA) is 67.9 Å². The second kappa shape index (κ2) is 9.11. The third kappa shape index (κ3) is 6.45. The van der Waals surface area contributed by atoms with Gasteiger partial charge in [0.2, 0.25) is 0 Å². The molecule has 2 rings (SSSR count). The second-order valence-electron chi connectivity index (χ2n) is 8.45. The molecule has 27 heavy (non-hydrogen) atoms. The molecular weight excluding hydrogens is 344 g/mol. The van der Waals surface area contributed by atoms with Gasteiger partial charge >= 0.3 is 6.09 Å². The van der Waals surface area contributed by atoms with E-state index in [1.807, 2.05) is 32.9 Å². The van der Waals surface area contributed by atoms with Crippen molar-refractivity contribution in [3.63, 3.8) is 0 Å². The minimum atomic E-state index is -0.527. The van der Waals surface area contributed by atoms with Gasteiger partial charge in [0.1, 0.15) is 11.4 Å². The van der Waals surface area contributed by atoms with E-state index in [0.29, 0.717) is 30.4 Å². The van der Waals surface area contributed by atoms with E-state index in [-0.39, 0.29) is 6.04 Å². The van der Waals surface area contributed by atoms with Crippen LogP contribution in [0.2, 0.25) is 0 Å². The van der Waals surface area contributed by atoms with Crippen molar-refractivity contribution in [3.05, 3.63) is 23.8 Å². The molecule has 0 spiro atoms. The Labute approximate surface area is 162 Å². The first-order chi connectivity index (χ1) is 12.7. The number of nitrogens with one attached hydrogen (secondary N) is 1. The molecule has 1 aliphatic heterocycles. The number of nitrogens with zero attached hydrogens (tertiary/aromatic N) is 1. The predicted octanol–water partition coefficient (Wildman–Crippen LogP) is 4.03. The van der Waals surface area contributed by atoms with E-state index in [0.717, 1.165) is 31.4 Å². The van der Waals surface area contributed by atoms with Gasteiger partial charge in [-0.2, -0.15) is 0 Å². The van der Waals surface area contributed by atoms with Gasteiger partial charge in [-0.1, -0.05) is 19.9 Å². The van der Waals surface area contributed by atoms with Crippen molar-refractivity contribution >= 4 is 18.1 Å². The maximum atomic E-state index is 12.1. The van der Waals surface area contributed by atoms with Crippen molar-refractivity contribution in [2.24, 2.45) is 5.92 Å². The molecular formula is C21H32N2O4. The summed E-state index contributed by atoms with van der Waals surface area (Å²) >= 11 is 0. The molecule has 150 valence electrons. The Kier molecular flexibility index (Phi) is 7.11. The number of anilines is 1. The maximum Gasteiger partial charge on any atom is 0.407 e. The number of hydrogen-bond acceptors (Lipinski definition) is 5. The lowest BCUT2D eigenvalue weighted by Crippen LogP contribution is -2.49. The molecule has 1 fully saturated rings. The standard InChI is InChI=1S/C21H32N2O4/c1-15(2)14-26-18-10-6-8-16(13-24)19(18)23-11-7-9-17(12-23)22-20(25)27-21(3,4)5/h6,8,10,13,15,17H,7,9,11-12,14H2,1-5H3,(H,22,25). The second-order valence-corrected chi connectivity index (χ2v) is 8.45. The summed E-state index contributed by atoms with van der Waals surface area (Å²) in [6.07, 6.45) is 2.25. The summed E-state index contributed by atoms with van der Waals surface area (Å²) in [7, 11) is 0. The summed E-state index contributed by atoms with van der Waals surface area (Å²) in [4.78, 5) is 25.8. The van der Waals surface area contributed by atoms with E-state index in [2.05, 4.69) is 24.1 Å². The van der Waals surface area contributed by atoms with Crippen molar-refractivity contribution in [1.82, 2.24) is 5.32 Å². The van der Waals surface area contributed by atoms with Gasteiger partial charge in [0.25, 0.3) is 0 Å². The van der Waals surface area contributed by atoms with E-state index in [1.54, 1.807) is 6.07 Å². The maximum absolute atomic E-state index is 12.1. The molecule has 1 aromatic rings. The normalized spacial score (nSPS) is 17.6. The third-order valence-electron chi connectivity index (χ3n) is 4.19. The molecule has 6 heteroatoms. The van der Waals surface area contributed by atoms with Gasteiger partial charge in [0, 0.05) is 24.7 Å². The molecule has 1 unspecified atom stereocenters. The van der Waals surface area contributed by atoms with E-state index < -0.39 is 11.7 Å². The number of carbonyl (C=O) groups excluding carboxylic acids is 2. The minimum Gasteiger partial charge on any atom is -0.491 e. The molecule has 1 amide bonds. The Morgan fingerprint density at radius 2 is 2.11 bits per heavy atom.